The summed E-state index contributed by atoms with van der Waals surface area (Å²) in [5.74, 6) is -0.833. The summed E-state index contributed by atoms with van der Waals surface area (Å²) in [6, 6.07) is -0.174. The maximum absolute atomic E-state index is 12.0. The molecule has 0 N–H and O–H groups in total. The van der Waals surface area contributed by atoms with E-state index in [9.17, 15) is 21.6 Å². The Bertz CT molecular complexity index is 326. The number of halogens is 3. The Labute approximate surface area is 93.7 Å². The minimum Gasteiger partial charge on any atom is -0.212 e. The van der Waals surface area contributed by atoms with E-state index in [0.717, 1.165) is 19.3 Å². The predicted octanol–water partition coefficient (Wildman–Crippen LogP) is 2.14. The predicted molar refractivity (Wildman–Crippen MR) is 54.5 cm³/mol. The summed E-state index contributed by atoms with van der Waals surface area (Å²) in [7, 11) is -3.75. The van der Waals surface area contributed by atoms with Crippen molar-refractivity contribution in [3.63, 3.8) is 0 Å². The normalized spacial score (nSPS) is 24.6. The molecule has 1 saturated heterocycles. The summed E-state index contributed by atoms with van der Waals surface area (Å²) in [4.78, 5) is 0. The van der Waals surface area contributed by atoms with Gasteiger partial charge in [-0.15, -0.1) is 0 Å². The van der Waals surface area contributed by atoms with Crippen molar-refractivity contribution < 1.29 is 21.6 Å². The summed E-state index contributed by atoms with van der Waals surface area (Å²) in [6.07, 6.45) is -3.28. The van der Waals surface area contributed by atoms with Crippen LogP contribution >= 0.6 is 0 Å². The number of hydrogen-bond acceptors (Lipinski definition) is 2. The molecule has 0 amide bonds. The maximum atomic E-state index is 12.0. The second-order valence-corrected chi connectivity index (χ2v) is 6.18. The van der Waals surface area contributed by atoms with E-state index in [0.29, 0.717) is 6.54 Å². The fourth-order valence-corrected chi connectivity index (χ4v) is 3.63. The number of hydrogen-bond donors (Lipinski definition) is 0. The zero-order valence-corrected chi connectivity index (χ0v) is 9.94. The second kappa shape index (κ2) is 4.91. The van der Waals surface area contributed by atoms with Crippen LogP contribution in [0.25, 0.3) is 0 Å². The molecule has 1 atom stereocenters. The molecule has 0 aromatic heterocycles. The Hall–Kier alpha value is -0.300. The molecule has 0 saturated carbocycles. The van der Waals surface area contributed by atoms with Crippen molar-refractivity contribution in [1.82, 2.24) is 4.31 Å². The van der Waals surface area contributed by atoms with Crippen molar-refractivity contribution in [2.24, 2.45) is 0 Å². The average molecular weight is 259 g/mol. The van der Waals surface area contributed by atoms with Crippen LogP contribution in [0.3, 0.4) is 0 Å². The average Bonchev–Trinajstić information content (AvgIpc) is 2.14. The topological polar surface area (TPSA) is 37.4 Å². The van der Waals surface area contributed by atoms with Crippen molar-refractivity contribution in [2.45, 2.75) is 44.8 Å². The number of nitrogens with zero attached hydrogens (tertiary/aromatic N) is 1. The van der Waals surface area contributed by atoms with Crippen LogP contribution in [0.15, 0.2) is 0 Å². The third-order valence-corrected chi connectivity index (χ3v) is 4.72. The lowest BCUT2D eigenvalue weighted by Crippen LogP contribution is -2.43. The Morgan fingerprint density at radius 3 is 2.44 bits per heavy atom. The molecule has 96 valence electrons. The highest BCUT2D eigenvalue weighted by molar-refractivity contribution is 7.89. The number of rotatable bonds is 3. The third kappa shape index (κ3) is 3.93. The molecular formula is C9H16F3NO2S. The van der Waals surface area contributed by atoms with Gasteiger partial charge in [0.2, 0.25) is 10.0 Å². The van der Waals surface area contributed by atoms with Gasteiger partial charge >= 0.3 is 6.18 Å². The Morgan fingerprint density at radius 2 is 1.94 bits per heavy atom. The first-order chi connectivity index (χ1) is 7.22. The Kier molecular flexibility index (Phi) is 4.23. The van der Waals surface area contributed by atoms with Crippen LogP contribution in [-0.2, 0) is 10.0 Å². The van der Waals surface area contributed by atoms with Gasteiger partial charge in [0.1, 0.15) is 0 Å². The highest BCUT2D eigenvalue weighted by atomic mass is 32.2. The lowest BCUT2D eigenvalue weighted by molar-refractivity contribution is -0.130. The van der Waals surface area contributed by atoms with Gasteiger partial charge in [0, 0.05) is 12.6 Å². The molecule has 1 fully saturated rings. The standard InChI is InChI=1S/C9H16F3NO2S/c1-8-4-2-3-6-13(8)16(14,15)7-5-9(10,11)12/h8H,2-7H2,1H3/t8-/m0/s1. The minimum absolute atomic E-state index is 0.174. The maximum Gasteiger partial charge on any atom is 0.390 e. The lowest BCUT2D eigenvalue weighted by atomic mass is 10.1. The summed E-state index contributed by atoms with van der Waals surface area (Å²) in [5, 5.41) is 0. The quantitative estimate of drug-likeness (QED) is 0.778. The van der Waals surface area contributed by atoms with E-state index in [1.807, 2.05) is 0 Å². The van der Waals surface area contributed by atoms with Gasteiger partial charge in [0.25, 0.3) is 0 Å². The molecule has 0 spiro atoms. The van der Waals surface area contributed by atoms with Crippen molar-refractivity contribution in [2.75, 3.05) is 12.3 Å². The molecule has 0 bridgehead atoms. The van der Waals surface area contributed by atoms with E-state index in [-0.39, 0.29) is 6.04 Å². The van der Waals surface area contributed by atoms with Crippen LogP contribution in [0.1, 0.15) is 32.6 Å². The van der Waals surface area contributed by atoms with Crippen LogP contribution < -0.4 is 0 Å². The van der Waals surface area contributed by atoms with Crippen LogP contribution in [0.2, 0.25) is 0 Å². The molecule has 16 heavy (non-hydrogen) atoms. The highest BCUT2D eigenvalue weighted by Crippen LogP contribution is 2.24. The van der Waals surface area contributed by atoms with Gasteiger partial charge in [-0.1, -0.05) is 6.42 Å². The van der Waals surface area contributed by atoms with E-state index in [1.165, 1.54) is 4.31 Å². The molecule has 3 nitrogen and oxygen atoms in total. The Morgan fingerprint density at radius 1 is 1.31 bits per heavy atom. The zero-order chi connectivity index (χ0) is 12.4. The first-order valence-corrected chi connectivity index (χ1v) is 6.89. The third-order valence-electron chi connectivity index (χ3n) is 2.74. The van der Waals surface area contributed by atoms with E-state index < -0.39 is 28.4 Å². The first kappa shape index (κ1) is 13.8. The number of piperidine rings is 1. The monoisotopic (exact) mass is 259 g/mol. The van der Waals surface area contributed by atoms with E-state index in [2.05, 4.69) is 0 Å². The molecule has 0 aromatic carbocycles. The van der Waals surface area contributed by atoms with Crippen LogP contribution in [0.4, 0.5) is 13.2 Å². The van der Waals surface area contributed by atoms with Gasteiger partial charge in [0.05, 0.1) is 12.2 Å². The summed E-state index contributed by atoms with van der Waals surface area (Å²) in [6.45, 7) is 2.09. The SMILES string of the molecule is C[C@H]1CCCCN1S(=O)(=O)CCC(F)(F)F. The lowest BCUT2D eigenvalue weighted by Gasteiger charge is -2.32. The van der Waals surface area contributed by atoms with Gasteiger partial charge in [-0.2, -0.15) is 17.5 Å². The fourth-order valence-electron chi connectivity index (χ4n) is 1.85. The van der Waals surface area contributed by atoms with Gasteiger partial charge in [0.15, 0.2) is 0 Å². The fraction of sp³-hybridized carbons (Fsp3) is 1.00. The number of sulfonamides is 1. The summed E-state index contributed by atoms with van der Waals surface area (Å²) >= 11 is 0. The van der Waals surface area contributed by atoms with Gasteiger partial charge < -0.3 is 0 Å². The van der Waals surface area contributed by atoms with Crippen molar-refractivity contribution >= 4 is 10.0 Å². The highest BCUT2D eigenvalue weighted by Gasteiger charge is 2.34. The second-order valence-electron chi connectivity index (χ2n) is 4.14. The van der Waals surface area contributed by atoms with E-state index in [1.54, 1.807) is 6.92 Å². The van der Waals surface area contributed by atoms with Gasteiger partial charge in [-0.05, 0) is 19.8 Å². The van der Waals surface area contributed by atoms with Crippen LogP contribution in [0.5, 0.6) is 0 Å². The molecule has 1 heterocycles. The molecule has 1 rings (SSSR count). The minimum atomic E-state index is -4.41. The molecule has 0 radical (unpaired) electrons. The molecule has 0 unspecified atom stereocenters. The zero-order valence-electron chi connectivity index (χ0n) is 9.13. The molecule has 0 aliphatic carbocycles. The van der Waals surface area contributed by atoms with Crippen LogP contribution in [0, 0.1) is 0 Å². The Balaban J connectivity index is 2.62. The molecule has 7 heteroatoms. The summed E-state index contributed by atoms with van der Waals surface area (Å²) in [5.41, 5.74) is 0. The van der Waals surface area contributed by atoms with E-state index >= 15 is 0 Å². The van der Waals surface area contributed by atoms with Crippen molar-refractivity contribution in [3.05, 3.63) is 0 Å². The molecule has 1 aliphatic heterocycles. The molecule has 1 aliphatic rings. The van der Waals surface area contributed by atoms with Gasteiger partial charge in [-0.3, -0.25) is 0 Å². The molecular weight excluding hydrogens is 243 g/mol. The number of alkyl halides is 3. The van der Waals surface area contributed by atoms with Gasteiger partial charge in [-0.25, -0.2) is 8.42 Å². The van der Waals surface area contributed by atoms with Crippen molar-refractivity contribution in [3.8, 4) is 0 Å². The van der Waals surface area contributed by atoms with Crippen LogP contribution in [-0.4, -0.2) is 37.2 Å². The largest absolute Gasteiger partial charge is 0.390 e. The smallest absolute Gasteiger partial charge is 0.212 e. The first-order valence-electron chi connectivity index (χ1n) is 5.29. The molecule has 0 aromatic rings. The van der Waals surface area contributed by atoms with Crippen molar-refractivity contribution in [1.29, 1.82) is 0 Å². The summed E-state index contributed by atoms with van der Waals surface area (Å²) < 4.78 is 60.4. The van der Waals surface area contributed by atoms with E-state index in [4.69, 9.17) is 0 Å².